The predicted molar refractivity (Wildman–Crippen MR) is 117 cm³/mol. The maximum Gasteiger partial charge on any atom is 0.243 e. The van der Waals surface area contributed by atoms with Crippen LogP contribution in [0.3, 0.4) is 0 Å². The summed E-state index contributed by atoms with van der Waals surface area (Å²) in [5, 5.41) is 2.76. The molecule has 1 unspecified atom stereocenters. The van der Waals surface area contributed by atoms with Crippen molar-refractivity contribution in [2.45, 2.75) is 40.7 Å². The molecule has 0 aliphatic carbocycles. The van der Waals surface area contributed by atoms with E-state index in [1.165, 1.54) is 5.56 Å². The number of anilines is 1. The highest BCUT2D eigenvalue weighted by Gasteiger charge is 2.29. The Morgan fingerprint density at radius 3 is 2.14 bits per heavy atom. The molecule has 2 aromatic carbocycles. The van der Waals surface area contributed by atoms with Gasteiger partial charge in [0.25, 0.3) is 0 Å². The average molecular weight is 419 g/mol. The highest BCUT2D eigenvalue weighted by atomic mass is 32.2. The van der Waals surface area contributed by atoms with Gasteiger partial charge in [0.05, 0.1) is 18.5 Å². The maximum absolute atomic E-state index is 12.6. The summed E-state index contributed by atoms with van der Waals surface area (Å²) < 4.78 is 31.6. The molecule has 0 aliphatic rings. The summed E-state index contributed by atoms with van der Waals surface area (Å²) >= 11 is 0. The lowest BCUT2D eigenvalue weighted by molar-refractivity contribution is -0.121. The SMILES string of the molecule is Cc1ccc(OCCNC(=O)C(C)N(c2ccc(C)c(C)c2)S(C)(=O)=O)cc1C. The van der Waals surface area contributed by atoms with Gasteiger partial charge in [0.1, 0.15) is 18.4 Å². The monoisotopic (exact) mass is 418 g/mol. The molecule has 2 rings (SSSR count). The fraction of sp³-hybridized carbons (Fsp3) is 0.409. The maximum atomic E-state index is 12.6. The number of hydrogen-bond acceptors (Lipinski definition) is 4. The Bertz CT molecular complexity index is 986. The molecule has 0 heterocycles. The first-order chi connectivity index (χ1) is 13.5. The van der Waals surface area contributed by atoms with Gasteiger partial charge in [0.15, 0.2) is 0 Å². The molecule has 0 spiro atoms. The molecule has 1 amide bonds. The number of aryl methyl sites for hydroxylation is 4. The Hall–Kier alpha value is -2.54. The number of carbonyl (C=O) groups is 1. The topological polar surface area (TPSA) is 75.7 Å². The van der Waals surface area contributed by atoms with Crippen molar-refractivity contribution >= 4 is 21.6 Å². The van der Waals surface area contributed by atoms with Gasteiger partial charge in [-0.3, -0.25) is 9.10 Å². The van der Waals surface area contributed by atoms with Crippen molar-refractivity contribution in [3.63, 3.8) is 0 Å². The molecule has 0 radical (unpaired) electrons. The summed E-state index contributed by atoms with van der Waals surface area (Å²) in [5.41, 5.74) is 4.82. The number of nitrogens with one attached hydrogen (secondary N) is 1. The number of nitrogens with zero attached hydrogens (tertiary/aromatic N) is 1. The van der Waals surface area contributed by atoms with Crippen molar-refractivity contribution in [1.29, 1.82) is 0 Å². The molecular weight excluding hydrogens is 388 g/mol. The minimum atomic E-state index is -3.63. The van der Waals surface area contributed by atoms with Crippen molar-refractivity contribution in [3.8, 4) is 5.75 Å². The third-order valence-corrected chi connectivity index (χ3v) is 6.22. The normalized spacial score (nSPS) is 12.3. The first-order valence-electron chi connectivity index (χ1n) is 9.55. The van der Waals surface area contributed by atoms with Crippen LogP contribution in [0.4, 0.5) is 5.69 Å². The zero-order valence-electron chi connectivity index (χ0n) is 17.9. The Balaban J connectivity index is 2.01. The van der Waals surface area contributed by atoms with Gasteiger partial charge >= 0.3 is 0 Å². The second-order valence-electron chi connectivity index (χ2n) is 7.39. The molecule has 1 atom stereocenters. The summed E-state index contributed by atoms with van der Waals surface area (Å²) in [6.07, 6.45) is 1.11. The predicted octanol–water partition coefficient (Wildman–Crippen LogP) is 3.27. The molecule has 6 nitrogen and oxygen atoms in total. The van der Waals surface area contributed by atoms with E-state index in [4.69, 9.17) is 4.74 Å². The lowest BCUT2D eigenvalue weighted by Gasteiger charge is -2.28. The Labute approximate surface area is 173 Å². The van der Waals surface area contributed by atoms with Gasteiger partial charge in [-0.2, -0.15) is 0 Å². The summed E-state index contributed by atoms with van der Waals surface area (Å²) in [6.45, 7) is 10.1. The molecule has 7 heteroatoms. The molecule has 0 saturated carbocycles. The second kappa shape index (κ2) is 9.31. The Morgan fingerprint density at radius 2 is 1.59 bits per heavy atom. The van der Waals surface area contributed by atoms with Gasteiger partial charge in [-0.05, 0) is 81.1 Å². The number of benzene rings is 2. The van der Waals surface area contributed by atoms with E-state index in [0.717, 1.165) is 33.0 Å². The number of sulfonamides is 1. The number of carbonyl (C=O) groups excluding carboxylic acids is 1. The smallest absolute Gasteiger partial charge is 0.243 e. The van der Waals surface area contributed by atoms with Crippen molar-refractivity contribution < 1.29 is 17.9 Å². The van der Waals surface area contributed by atoms with Crippen molar-refractivity contribution in [3.05, 3.63) is 58.7 Å². The standard InChI is InChI=1S/C22H30N2O4S/c1-15-7-9-20(13-17(15)3)24(29(6,26)27)19(5)22(25)23-11-12-28-21-10-8-16(2)18(4)14-21/h7-10,13-14,19H,11-12H2,1-6H3,(H,23,25). The van der Waals surface area contributed by atoms with Crippen molar-refractivity contribution in [1.82, 2.24) is 5.32 Å². The van der Waals surface area contributed by atoms with Gasteiger partial charge in [-0.15, -0.1) is 0 Å². The van der Waals surface area contributed by atoms with E-state index in [1.54, 1.807) is 19.1 Å². The fourth-order valence-corrected chi connectivity index (χ4v) is 4.13. The van der Waals surface area contributed by atoms with Crippen LogP contribution >= 0.6 is 0 Å². The van der Waals surface area contributed by atoms with Crippen LogP contribution in [0.5, 0.6) is 5.75 Å². The molecule has 29 heavy (non-hydrogen) atoms. The lowest BCUT2D eigenvalue weighted by atomic mass is 10.1. The van der Waals surface area contributed by atoms with E-state index in [-0.39, 0.29) is 12.5 Å². The van der Waals surface area contributed by atoms with Crippen LogP contribution in [0, 0.1) is 27.7 Å². The van der Waals surface area contributed by atoms with E-state index < -0.39 is 16.1 Å². The van der Waals surface area contributed by atoms with Crippen molar-refractivity contribution in [2.24, 2.45) is 0 Å². The second-order valence-corrected chi connectivity index (χ2v) is 9.25. The van der Waals surface area contributed by atoms with Crippen molar-refractivity contribution in [2.75, 3.05) is 23.7 Å². The number of rotatable bonds is 8. The van der Waals surface area contributed by atoms with Crippen LogP contribution < -0.4 is 14.4 Å². The first kappa shape index (κ1) is 22.7. The largest absolute Gasteiger partial charge is 0.492 e. The summed E-state index contributed by atoms with van der Waals surface area (Å²) in [4.78, 5) is 12.6. The third kappa shape index (κ3) is 5.97. The molecule has 2 aromatic rings. The number of hydrogen-bond donors (Lipinski definition) is 1. The van der Waals surface area contributed by atoms with Gasteiger partial charge in [0.2, 0.25) is 15.9 Å². The summed E-state index contributed by atoms with van der Waals surface area (Å²) in [7, 11) is -3.63. The summed E-state index contributed by atoms with van der Waals surface area (Å²) in [5.74, 6) is 0.362. The van der Waals surface area contributed by atoms with Crippen LogP contribution in [0.15, 0.2) is 36.4 Å². The van der Waals surface area contributed by atoms with E-state index >= 15 is 0 Å². The van der Waals surface area contributed by atoms with Crippen LogP contribution in [0.1, 0.15) is 29.2 Å². The number of amides is 1. The minimum Gasteiger partial charge on any atom is -0.492 e. The average Bonchev–Trinajstić information content (AvgIpc) is 2.63. The quantitative estimate of drug-likeness (QED) is 0.668. The number of ether oxygens (including phenoxy) is 1. The molecule has 0 aliphatic heterocycles. The van der Waals surface area contributed by atoms with Gasteiger partial charge in [-0.25, -0.2) is 8.42 Å². The highest BCUT2D eigenvalue weighted by molar-refractivity contribution is 7.92. The van der Waals surface area contributed by atoms with Gasteiger partial charge in [0, 0.05) is 0 Å². The Kier molecular flexibility index (Phi) is 7.30. The molecule has 0 fully saturated rings. The van der Waals surface area contributed by atoms with Crippen LogP contribution in [0.25, 0.3) is 0 Å². The van der Waals surface area contributed by atoms with Gasteiger partial charge in [-0.1, -0.05) is 12.1 Å². The molecule has 0 saturated heterocycles. The molecule has 1 N–H and O–H groups in total. The minimum absolute atomic E-state index is 0.278. The molecule has 0 bridgehead atoms. The van der Waals surface area contributed by atoms with E-state index in [9.17, 15) is 13.2 Å². The zero-order chi connectivity index (χ0) is 21.8. The van der Waals surface area contributed by atoms with Crippen LogP contribution in [-0.2, 0) is 14.8 Å². The molecule has 0 aromatic heterocycles. The Morgan fingerprint density at radius 1 is 1.00 bits per heavy atom. The van der Waals surface area contributed by atoms with E-state index in [0.29, 0.717) is 12.3 Å². The fourth-order valence-electron chi connectivity index (χ4n) is 2.97. The van der Waals surface area contributed by atoms with Crippen LogP contribution in [-0.4, -0.2) is 39.8 Å². The lowest BCUT2D eigenvalue weighted by Crippen LogP contribution is -2.48. The third-order valence-electron chi connectivity index (χ3n) is 4.98. The van der Waals surface area contributed by atoms with E-state index in [2.05, 4.69) is 5.32 Å². The first-order valence-corrected chi connectivity index (χ1v) is 11.4. The zero-order valence-corrected chi connectivity index (χ0v) is 18.8. The van der Waals surface area contributed by atoms with Gasteiger partial charge < -0.3 is 10.1 Å². The summed E-state index contributed by atoms with van der Waals surface area (Å²) in [6, 6.07) is 10.3. The molecule has 158 valence electrons. The molecular formula is C22H30N2O4S. The van der Waals surface area contributed by atoms with Crippen LogP contribution in [0.2, 0.25) is 0 Å². The highest BCUT2D eigenvalue weighted by Crippen LogP contribution is 2.23. The van der Waals surface area contributed by atoms with E-state index in [1.807, 2.05) is 52.0 Å².